The zero-order valence-corrected chi connectivity index (χ0v) is 21.6. The van der Waals surface area contributed by atoms with Crippen LogP contribution in [0.4, 0.5) is 5.82 Å². The average molecular weight is 524 g/mol. The van der Waals surface area contributed by atoms with E-state index < -0.39 is 0 Å². The van der Waals surface area contributed by atoms with Crippen LogP contribution in [-0.4, -0.2) is 45.0 Å². The monoisotopic (exact) mass is 523 g/mol. The summed E-state index contributed by atoms with van der Waals surface area (Å²) in [6.07, 6.45) is 3.88. The number of carbonyl (C=O) groups is 1. The lowest BCUT2D eigenvalue weighted by Gasteiger charge is -2.20. The second-order valence-electron chi connectivity index (χ2n) is 9.29. The molecule has 9 heteroatoms. The van der Waals surface area contributed by atoms with Crippen LogP contribution >= 0.6 is 11.6 Å². The van der Waals surface area contributed by atoms with Crippen LogP contribution in [0.5, 0.6) is 0 Å². The summed E-state index contributed by atoms with van der Waals surface area (Å²) in [6, 6.07) is 22.8. The lowest BCUT2D eigenvalue weighted by Crippen LogP contribution is -2.22. The fraction of sp³-hybridized carbons (Fsp3) is 0.172. The maximum atomic E-state index is 12.8. The number of H-pyrrole nitrogens is 1. The standard InChI is InChI=1S/C29H26ClN7O/c1-19-26(29(36-15-5-6-16-36)37(35-19)23-7-3-2-4-8-23)27-32-24-14-11-21(17-25(24)33-27)28(38)34-31-18-20-9-12-22(30)13-10-20/h2-4,7-14,17-18H,5-6,15-16H2,1H3,(H,32,33)(H,34,38). The Morgan fingerprint density at radius 1 is 1.05 bits per heavy atom. The predicted molar refractivity (Wildman–Crippen MR) is 151 cm³/mol. The highest BCUT2D eigenvalue weighted by Gasteiger charge is 2.27. The number of hydrogen-bond acceptors (Lipinski definition) is 5. The number of halogens is 1. The minimum atomic E-state index is -0.306. The number of rotatable bonds is 6. The van der Waals surface area contributed by atoms with E-state index in [4.69, 9.17) is 21.7 Å². The summed E-state index contributed by atoms with van der Waals surface area (Å²) < 4.78 is 2.01. The van der Waals surface area contributed by atoms with Crippen molar-refractivity contribution < 1.29 is 4.79 Å². The molecule has 5 aromatic rings. The molecule has 0 aliphatic carbocycles. The van der Waals surface area contributed by atoms with Crippen LogP contribution in [0.15, 0.2) is 77.9 Å². The number of aromatic nitrogens is 4. The molecule has 0 spiro atoms. The number of para-hydroxylation sites is 1. The Kier molecular flexibility index (Phi) is 6.39. The topological polar surface area (TPSA) is 91.2 Å². The van der Waals surface area contributed by atoms with E-state index >= 15 is 0 Å². The molecule has 0 atom stereocenters. The first kappa shape index (κ1) is 23.9. The summed E-state index contributed by atoms with van der Waals surface area (Å²) in [6.45, 7) is 3.97. The first-order chi connectivity index (χ1) is 18.6. The van der Waals surface area contributed by atoms with Gasteiger partial charge in [0.15, 0.2) is 0 Å². The summed E-state index contributed by atoms with van der Waals surface area (Å²) in [5.41, 5.74) is 8.34. The number of nitrogens with one attached hydrogen (secondary N) is 2. The van der Waals surface area contributed by atoms with Crippen LogP contribution in [-0.2, 0) is 0 Å². The van der Waals surface area contributed by atoms with Gasteiger partial charge in [-0.25, -0.2) is 15.1 Å². The van der Waals surface area contributed by atoms with Gasteiger partial charge < -0.3 is 9.88 Å². The van der Waals surface area contributed by atoms with Crippen molar-refractivity contribution in [1.29, 1.82) is 0 Å². The van der Waals surface area contributed by atoms with Crippen molar-refractivity contribution in [1.82, 2.24) is 25.2 Å². The molecular formula is C29H26ClN7O. The summed E-state index contributed by atoms with van der Waals surface area (Å²) in [4.78, 5) is 23.5. The van der Waals surface area contributed by atoms with Crippen molar-refractivity contribution in [2.45, 2.75) is 19.8 Å². The van der Waals surface area contributed by atoms with Crippen LogP contribution < -0.4 is 10.3 Å². The van der Waals surface area contributed by atoms with Gasteiger partial charge in [-0.1, -0.05) is 41.9 Å². The Bertz CT molecular complexity index is 1630. The minimum absolute atomic E-state index is 0.306. The molecule has 0 saturated carbocycles. The molecule has 0 radical (unpaired) electrons. The average Bonchev–Trinajstić information content (AvgIpc) is 3.68. The van der Waals surface area contributed by atoms with Crippen LogP contribution in [0.3, 0.4) is 0 Å². The number of imidazole rings is 1. The van der Waals surface area contributed by atoms with E-state index in [0.717, 1.165) is 71.1 Å². The summed E-state index contributed by atoms with van der Waals surface area (Å²) >= 11 is 5.91. The van der Waals surface area contributed by atoms with Crippen molar-refractivity contribution in [2.24, 2.45) is 5.10 Å². The molecule has 3 heterocycles. The Hall–Kier alpha value is -4.43. The first-order valence-corrected chi connectivity index (χ1v) is 12.9. The van der Waals surface area contributed by atoms with Gasteiger partial charge in [0.2, 0.25) is 0 Å². The maximum absolute atomic E-state index is 12.8. The van der Waals surface area contributed by atoms with Gasteiger partial charge in [-0.05, 0) is 67.8 Å². The predicted octanol–water partition coefficient (Wildman–Crippen LogP) is 5.74. The Labute approximate surface area is 225 Å². The second-order valence-corrected chi connectivity index (χ2v) is 9.73. The molecule has 2 aromatic heterocycles. The second kappa shape index (κ2) is 10.1. The highest BCUT2D eigenvalue weighted by molar-refractivity contribution is 6.30. The van der Waals surface area contributed by atoms with E-state index in [-0.39, 0.29) is 5.91 Å². The van der Waals surface area contributed by atoms with Crippen molar-refractivity contribution in [2.75, 3.05) is 18.0 Å². The Balaban J connectivity index is 1.32. The third kappa shape index (κ3) is 4.66. The molecule has 0 unspecified atom stereocenters. The van der Waals surface area contributed by atoms with Gasteiger partial charge in [-0.3, -0.25) is 4.79 Å². The van der Waals surface area contributed by atoms with Crippen molar-refractivity contribution in [3.05, 3.63) is 94.6 Å². The lowest BCUT2D eigenvalue weighted by atomic mass is 10.2. The first-order valence-electron chi connectivity index (χ1n) is 12.6. The number of benzene rings is 3. The maximum Gasteiger partial charge on any atom is 0.271 e. The number of fused-ring (bicyclic) bond motifs is 1. The molecule has 1 aliphatic heterocycles. The molecule has 0 bridgehead atoms. The van der Waals surface area contributed by atoms with Crippen LogP contribution in [0.25, 0.3) is 28.1 Å². The molecule has 38 heavy (non-hydrogen) atoms. The molecule has 190 valence electrons. The summed E-state index contributed by atoms with van der Waals surface area (Å²) in [5.74, 6) is 1.47. The molecule has 1 aliphatic rings. The van der Waals surface area contributed by atoms with Crippen LogP contribution in [0, 0.1) is 6.92 Å². The van der Waals surface area contributed by atoms with Gasteiger partial charge >= 0.3 is 0 Å². The van der Waals surface area contributed by atoms with E-state index in [1.807, 2.05) is 48.0 Å². The van der Waals surface area contributed by atoms with Crippen LogP contribution in [0.2, 0.25) is 5.02 Å². The molecule has 1 amide bonds. The SMILES string of the molecule is Cc1nn(-c2ccccc2)c(N2CCCC2)c1-c1nc2ccc(C(=O)NN=Cc3ccc(Cl)cc3)cc2[nH]1. The summed E-state index contributed by atoms with van der Waals surface area (Å²) in [7, 11) is 0. The highest BCUT2D eigenvalue weighted by Crippen LogP contribution is 2.37. The zero-order valence-electron chi connectivity index (χ0n) is 20.9. The number of anilines is 1. The van der Waals surface area contributed by atoms with Gasteiger partial charge in [0.1, 0.15) is 11.6 Å². The van der Waals surface area contributed by atoms with E-state index in [1.54, 1.807) is 30.5 Å². The lowest BCUT2D eigenvalue weighted by molar-refractivity contribution is 0.0955. The number of amides is 1. The Morgan fingerprint density at radius 2 is 1.82 bits per heavy atom. The Morgan fingerprint density at radius 3 is 2.58 bits per heavy atom. The number of carbonyl (C=O) groups excluding carboxylic acids is 1. The van der Waals surface area contributed by atoms with Crippen molar-refractivity contribution in [3.8, 4) is 17.1 Å². The zero-order chi connectivity index (χ0) is 26.1. The number of hydrazone groups is 1. The molecule has 6 rings (SSSR count). The van der Waals surface area contributed by atoms with Gasteiger partial charge in [0.25, 0.3) is 5.91 Å². The summed E-state index contributed by atoms with van der Waals surface area (Å²) in [5, 5.41) is 9.63. The minimum Gasteiger partial charge on any atom is -0.356 e. The van der Waals surface area contributed by atoms with E-state index in [9.17, 15) is 4.79 Å². The molecule has 1 fully saturated rings. The molecule has 3 aromatic carbocycles. The normalized spacial score (nSPS) is 13.6. The van der Waals surface area contributed by atoms with E-state index in [2.05, 4.69) is 32.5 Å². The molecule has 8 nitrogen and oxygen atoms in total. The number of hydrogen-bond donors (Lipinski definition) is 2. The van der Waals surface area contributed by atoms with E-state index in [0.29, 0.717) is 10.6 Å². The largest absolute Gasteiger partial charge is 0.356 e. The van der Waals surface area contributed by atoms with Gasteiger partial charge in [0.05, 0.1) is 34.2 Å². The van der Waals surface area contributed by atoms with Crippen molar-refractivity contribution in [3.63, 3.8) is 0 Å². The fourth-order valence-electron chi connectivity index (χ4n) is 4.81. The third-order valence-corrected chi connectivity index (χ3v) is 6.92. The smallest absolute Gasteiger partial charge is 0.271 e. The number of nitrogens with zero attached hydrogens (tertiary/aromatic N) is 5. The van der Waals surface area contributed by atoms with Crippen LogP contribution in [0.1, 0.15) is 34.5 Å². The number of aromatic amines is 1. The highest BCUT2D eigenvalue weighted by atomic mass is 35.5. The number of aryl methyl sites for hydroxylation is 1. The quantitative estimate of drug-likeness (QED) is 0.219. The van der Waals surface area contributed by atoms with Gasteiger partial charge in [-0.15, -0.1) is 0 Å². The molecule has 2 N–H and O–H groups in total. The van der Waals surface area contributed by atoms with Crippen molar-refractivity contribution >= 4 is 40.6 Å². The fourth-order valence-corrected chi connectivity index (χ4v) is 4.94. The van der Waals surface area contributed by atoms with Gasteiger partial charge in [0, 0.05) is 23.7 Å². The molecular weight excluding hydrogens is 498 g/mol. The molecule has 1 saturated heterocycles. The third-order valence-electron chi connectivity index (χ3n) is 6.67. The van der Waals surface area contributed by atoms with E-state index in [1.165, 1.54) is 0 Å². The van der Waals surface area contributed by atoms with Gasteiger partial charge in [-0.2, -0.15) is 10.2 Å².